The highest BCUT2D eigenvalue weighted by molar-refractivity contribution is 9.10. The number of amides is 1. The molecule has 4 nitrogen and oxygen atoms in total. The third-order valence-electron chi connectivity index (χ3n) is 3.41. The number of anilines is 2. The van der Waals surface area contributed by atoms with Crippen molar-refractivity contribution in [3.63, 3.8) is 0 Å². The monoisotopic (exact) mass is 375 g/mol. The lowest BCUT2D eigenvalue weighted by atomic mass is 10.1. The second kappa shape index (κ2) is 9.30. The largest absolute Gasteiger partial charge is 0.370 e. The molecule has 1 aromatic heterocycles. The molecule has 2 N–H and O–H groups in total. The fourth-order valence-electron chi connectivity index (χ4n) is 2.16. The van der Waals surface area contributed by atoms with E-state index in [1.165, 1.54) is 12.8 Å². The maximum atomic E-state index is 12.0. The zero-order valence-corrected chi connectivity index (χ0v) is 14.9. The number of halogens is 1. The summed E-state index contributed by atoms with van der Waals surface area (Å²) in [6.45, 7) is 3.11. The molecule has 23 heavy (non-hydrogen) atoms. The molecule has 0 aliphatic rings. The number of aromatic nitrogens is 1. The van der Waals surface area contributed by atoms with E-state index in [1.54, 1.807) is 6.20 Å². The van der Waals surface area contributed by atoms with Crippen LogP contribution in [0.4, 0.5) is 11.5 Å². The number of carbonyl (C=O) groups is 1. The fourth-order valence-corrected chi connectivity index (χ4v) is 2.42. The van der Waals surface area contributed by atoms with E-state index in [-0.39, 0.29) is 5.91 Å². The van der Waals surface area contributed by atoms with E-state index >= 15 is 0 Å². The van der Waals surface area contributed by atoms with Crippen molar-refractivity contribution in [2.45, 2.75) is 32.6 Å². The highest BCUT2D eigenvalue weighted by Crippen LogP contribution is 2.13. The summed E-state index contributed by atoms with van der Waals surface area (Å²) in [5.41, 5.74) is 1.69. The van der Waals surface area contributed by atoms with Crippen molar-refractivity contribution in [3.8, 4) is 0 Å². The molecule has 5 heteroatoms. The molecule has 2 rings (SSSR count). The summed E-state index contributed by atoms with van der Waals surface area (Å²) in [5, 5.41) is 6.14. The molecule has 122 valence electrons. The molecule has 0 aliphatic carbocycles. The second-order valence-electron chi connectivity index (χ2n) is 5.42. The van der Waals surface area contributed by atoms with Gasteiger partial charge in [0.2, 0.25) is 5.91 Å². The van der Waals surface area contributed by atoms with Crippen molar-refractivity contribution >= 4 is 33.3 Å². The van der Waals surface area contributed by atoms with E-state index in [2.05, 4.69) is 38.5 Å². The highest BCUT2D eigenvalue weighted by atomic mass is 79.9. The van der Waals surface area contributed by atoms with Crippen LogP contribution < -0.4 is 10.6 Å². The summed E-state index contributed by atoms with van der Waals surface area (Å²) in [5.74, 6) is 0.796. The minimum atomic E-state index is -0.0437. The van der Waals surface area contributed by atoms with Crippen LogP contribution in [0, 0.1) is 0 Å². The van der Waals surface area contributed by atoms with Crippen molar-refractivity contribution in [3.05, 3.63) is 52.6 Å². The van der Waals surface area contributed by atoms with Gasteiger partial charge in [0, 0.05) is 11.0 Å². The van der Waals surface area contributed by atoms with Gasteiger partial charge in [-0.15, -0.1) is 0 Å². The molecule has 0 atom stereocenters. The lowest BCUT2D eigenvalue weighted by Gasteiger charge is -2.08. The number of hydrogen-bond donors (Lipinski definition) is 2. The predicted molar refractivity (Wildman–Crippen MR) is 98.7 cm³/mol. The average Bonchev–Trinajstić information content (AvgIpc) is 2.55. The van der Waals surface area contributed by atoms with Crippen molar-refractivity contribution in [2.75, 3.05) is 17.2 Å². The Morgan fingerprint density at radius 2 is 1.91 bits per heavy atom. The van der Waals surface area contributed by atoms with Crippen molar-refractivity contribution in [1.29, 1.82) is 0 Å². The third-order valence-corrected chi connectivity index (χ3v) is 3.94. The van der Waals surface area contributed by atoms with Gasteiger partial charge in [0.25, 0.3) is 0 Å². The number of nitrogens with zero attached hydrogens (tertiary/aromatic N) is 1. The van der Waals surface area contributed by atoms with Gasteiger partial charge in [-0.1, -0.05) is 47.8 Å². The molecule has 0 spiro atoms. The molecule has 0 radical (unpaired) electrons. The van der Waals surface area contributed by atoms with Gasteiger partial charge in [-0.3, -0.25) is 4.79 Å². The van der Waals surface area contributed by atoms with Gasteiger partial charge >= 0.3 is 0 Å². The number of carbonyl (C=O) groups excluding carboxylic acids is 1. The lowest BCUT2D eigenvalue weighted by Crippen LogP contribution is -2.14. The predicted octanol–water partition coefficient (Wildman–Crippen LogP) is 4.63. The fraction of sp³-hybridized carbons (Fsp3) is 0.333. The number of benzene rings is 1. The van der Waals surface area contributed by atoms with Gasteiger partial charge < -0.3 is 10.6 Å². The number of rotatable bonds is 8. The van der Waals surface area contributed by atoms with E-state index in [0.29, 0.717) is 12.1 Å². The summed E-state index contributed by atoms with van der Waals surface area (Å²) in [4.78, 5) is 16.3. The molecule has 0 unspecified atom stereocenters. The molecule has 2 aromatic rings. The summed E-state index contributed by atoms with van der Waals surface area (Å²) < 4.78 is 1.01. The van der Waals surface area contributed by atoms with Gasteiger partial charge in [0.15, 0.2) is 0 Å². The highest BCUT2D eigenvalue weighted by Gasteiger charge is 2.04. The number of hydrogen-bond acceptors (Lipinski definition) is 3. The normalized spacial score (nSPS) is 10.3. The second-order valence-corrected chi connectivity index (χ2v) is 6.33. The zero-order valence-electron chi connectivity index (χ0n) is 13.3. The molecule has 0 aliphatic heterocycles. The van der Waals surface area contributed by atoms with Gasteiger partial charge in [-0.05, 0) is 36.2 Å². The van der Waals surface area contributed by atoms with Crippen LogP contribution in [0.3, 0.4) is 0 Å². The smallest absolute Gasteiger partial charge is 0.228 e. The molecule has 0 bridgehead atoms. The quantitative estimate of drug-likeness (QED) is 0.661. The van der Waals surface area contributed by atoms with Crippen LogP contribution in [-0.4, -0.2) is 17.4 Å². The van der Waals surface area contributed by atoms with Crippen LogP contribution in [-0.2, 0) is 11.2 Å². The van der Waals surface area contributed by atoms with Gasteiger partial charge in [-0.25, -0.2) is 4.98 Å². The minimum absolute atomic E-state index is 0.0437. The molecule has 1 aromatic carbocycles. The summed E-state index contributed by atoms with van der Waals surface area (Å²) in [7, 11) is 0. The first-order valence-electron chi connectivity index (χ1n) is 7.91. The van der Waals surface area contributed by atoms with Crippen LogP contribution in [0.25, 0.3) is 0 Å². The molecule has 1 amide bonds. The first-order chi connectivity index (χ1) is 11.2. The molecule has 0 saturated heterocycles. The first-order valence-corrected chi connectivity index (χ1v) is 8.71. The number of unbranched alkanes of at least 4 members (excludes halogenated alkanes) is 2. The van der Waals surface area contributed by atoms with Gasteiger partial charge in [-0.2, -0.15) is 0 Å². The lowest BCUT2D eigenvalue weighted by molar-refractivity contribution is -0.115. The Hall–Kier alpha value is -1.88. The van der Waals surface area contributed by atoms with E-state index in [0.717, 1.165) is 28.8 Å². The maximum absolute atomic E-state index is 12.0. The summed E-state index contributed by atoms with van der Waals surface area (Å²) >= 11 is 3.38. The van der Waals surface area contributed by atoms with Crippen LogP contribution in [0.5, 0.6) is 0 Å². The van der Waals surface area contributed by atoms with Crippen molar-refractivity contribution in [2.24, 2.45) is 0 Å². The van der Waals surface area contributed by atoms with Crippen LogP contribution >= 0.6 is 15.9 Å². The molecule has 0 saturated carbocycles. The van der Waals surface area contributed by atoms with Gasteiger partial charge in [0.1, 0.15) is 5.82 Å². The van der Waals surface area contributed by atoms with E-state index in [9.17, 15) is 4.79 Å². The Bertz CT molecular complexity index is 611. The molecule has 1 heterocycles. The first kappa shape index (κ1) is 17.5. The maximum Gasteiger partial charge on any atom is 0.228 e. The summed E-state index contributed by atoms with van der Waals surface area (Å²) in [6, 6.07) is 11.5. The minimum Gasteiger partial charge on any atom is -0.370 e. The van der Waals surface area contributed by atoms with Crippen molar-refractivity contribution < 1.29 is 4.79 Å². The summed E-state index contributed by atoms with van der Waals surface area (Å²) in [6.07, 6.45) is 5.60. The van der Waals surface area contributed by atoms with E-state index in [4.69, 9.17) is 0 Å². The Morgan fingerprint density at radius 1 is 1.13 bits per heavy atom. The Morgan fingerprint density at radius 3 is 2.57 bits per heavy atom. The molecule has 0 fully saturated rings. The van der Waals surface area contributed by atoms with Crippen LogP contribution in [0.1, 0.15) is 31.7 Å². The van der Waals surface area contributed by atoms with Crippen LogP contribution in [0.15, 0.2) is 47.1 Å². The number of pyridine rings is 1. The Labute approximate surface area is 145 Å². The molecular weight excluding hydrogens is 354 g/mol. The zero-order chi connectivity index (χ0) is 16.5. The molecular formula is C18H22BrN3O. The SMILES string of the molecule is CCCCCNc1ccc(NC(=O)Cc2ccc(Br)cc2)cn1. The van der Waals surface area contributed by atoms with E-state index in [1.807, 2.05) is 36.4 Å². The third kappa shape index (κ3) is 6.40. The van der Waals surface area contributed by atoms with E-state index < -0.39 is 0 Å². The Kier molecular flexibility index (Phi) is 7.07. The standard InChI is InChI=1S/C18H22BrN3O/c1-2-3-4-11-20-17-10-9-16(13-21-17)22-18(23)12-14-5-7-15(19)8-6-14/h5-10,13H,2-4,11-12H2,1H3,(H,20,21)(H,22,23). The van der Waals surface area contributed by atoms with Crippen molar-refractivity contribution in [1.82, 2.24) is 4.98 Å². The Balaban J connectivity index is 1.80. The average molecular weight is 376 g/mol. The van der Waals surface area contributed by atoms with Crippen LogP contribution in [0.2, 0.25) is 0 Å². The number of nitrogens with one attached hydrogen (secondary N) is 2. The van der Waals surface area contributed by atoms with Gasteiger partial charge in [0.05, 0.1) is 18.3 Å². The topological polar surface area (TPSA) is 54.0 Å².